The Labute approximate surface area is 130 Å². The number of benzene rings is 1. The Morgan fingerprint density at radius 1 is 1.35 bits per heavy atom. The van der Waals surface area contributed by atoms with Crippen molar-refractivity contribution < 1.29 is 19.6 Å². The van der Waals surface area contributed by atoms with Gasteiger partial charge in [0.05, 0.1) is 10.8 Å². The van der Waals surface area contributed by atoms with Gasteiger partial charge in [0.15, 0.2) is 0 Å². The van der Waals surface area contributed by atoms with Gasteiger partial charge in [-0.3, -0.25) is 19.7 Å². The molecule has 1 aliphatic carbocycles. The number of nitro benzene ring substituents is 1. The van der Waals surface area contributed by atoms with E-state index in [1.165, 1.54) is 6.07 Å². The Balaban J connectivity index is 1.78. The molecule has 8 nitrogen and oxygen atoms in total. The summed E-state index contributed by atoms with van der Waals surface area (Å²) < 4.78 is 0. The normalized spacial score (nSPS) is 20.5. The number of carbonyl (C=O) groups excluding carboxylic acids is 1. The van der Waals surface area contributed by atoms with Gasteiger partial charge in [-0.2, -0.15) is 0 Å². The van der Waals surface area contributed by atoms with Crippen LogP contribution in [-0.2, 0) is 4.79 Å². The highest BCUT2D eigenvalue weighted by molar-refractivity contribution is 6.00. The molecule has 0 bridgehead atoms. The molecule has 0 radical (unpaired) electrons. The fourth-order valence-electron chi connectivity index (χ4n) is 3.01. The van der Waals surface area contributed by atoms with Gasteiger partial charge in [0.1, 0.15) is 11.2 Å². The molecule has 0 spiro atoms. The first kappa shape index (κ1) is 15.0. The van der Waals surface area contributed by atoms with E-state index < -0.39 is 16.8 Å². The van der Waals surface area contributed by atoms with Gasteiger partial charge >= 0.3 is 5.97 Å². The lowest BCUT2D eigenvalue weighted by Gasteiger charge is -2.11. The van der Waals surface area contributed by atoms with Crippen LogP contribution < -0.4 is 5.32 Å². The lowest BCUT2D eigenvalue weighted by atomic mass is 10.1. The number of non-ortho nitro benzene ring substituents is 1. The number of carboxylic acid groups (broad SMARTS) is 1. The molecule has 1 amide bonds. The van der Waals surface area contributed by atoms with Gasteiger partial charge in [-0.05, 0) is 25.3 Å². The van der Waals surface area contributed by atoms with Crippen molar-refractivity contribution in [2.45, 2.75) is 25.3 Å². The minimum atomic E-state index is -0.844. The smallest absolute Gasteiger partial charge is 0.306 e. The number of aromatic amines is 1. The van der Waals surface area contributed by atoms with Crippen LogP contribution in [0.1, 0.15) is 29.8 Å². The first-order valence-electron chi connectivity index (χ1n) is 7.25. The van der Waals surface area contributed by atoms with Crippen LogP contribution in [0.5, 0.6) is 0 Å². The van der Waals surface area contributed by atoms with E-state index in [4.69, 9.17) is 5.11 Å². The highest BCUT2D eigenvalue weighted by Gasteiger charge is 2.31. The maximum Gasteiger partial charge on any atom is 0.306 e. The van der Waals surface area contributed by atoms with Crippen LogP contribution in [0.2, 0.25) is 0 Å². The summed E-state index contributed by atoms with van der Waals surface area (Å²) >= 11 is 0. The van der Waals surface area contributed by atoms with Gasteiger partial charge < -0.3 is 15.4 Å². The molecule has 0 aliphatic heterocycles. The molecule has 1 aliphatic rings. The fourth-order valence-corrected chi connectivity index (χ4v) is 3.01. The van der Waals surface area contributed by atoms with Crippen LogP contribution in [0, 0.1) is 16.0 Å². The average Bonchev–Trinajstić information content (AvgIpc) is 3.12. The Morgan fingerprint density at radius 2 is 2.13 bits per heavy atom. The van der Waals surface area contributed by atoms with Gasteiger partial charge in [-0.1, -0.05) is 12.1 Å². The van der Waals surface area contributed by atoms with E-state index in [9.17, 15) is 19.7 Å². The van der Waals surface area contributed by atoms with Crippen LogP contribution in [0.25, 0.3) is 10.9 Å². The zero-order chi connectivity index (χ0) is 16.6. The minimum Gasteiger partial charge on any atom is -0.481 e. The summed E-state index contributed by atoms with van der Waals surface area (Å²) in [4.78, 5) is 36.5. The molecular formula is C15H15N3O5. The van der Waals surface area contributed by atoms with E-state index in [0.717, 1.165) is 0 Å². The van der Waals surface area contributed by atoms with Crippen molar-refractivity contribution in [1.82, 2.24) is 10.3 Å². The highest BCUT2D eigenvalue weighted by Crippen LogP contribution is 2.27. The Morgan fingerprint density at radius 3 is 2.78 bits per heavy atom. The molecule has 2 atom stereocenters. The highest BCUT2D eigenvalue weighted by atomic mass is 16.6. The second-order valence-corrected chi connectivity index (χ2v) is 5.70. The monoisotopic (exact) mass is 317 g/mol. The predicted molar refractivity (Wildman–Crippen MR) is 81.2 cm³/mol. The molecule has 1 aromatic carbocycles. The molecule has 120 valence electrons. The summed E-state index contributed by atoms with van der Waals surface area (Å²) in [5, 5.41) is 23.3. The summed E-state index contributed by atoms with van der Waals surface area (Å²) in [5.74, 6) is -1.65. The Kier molecular flexibility index (Phi) is 3.73. The first-order chi connectivity index (χ1) is 11.0. The van der Waals surface area contributed by atoms with Crippen LogP contribution in [0.15, 0.2) is 24.3 Å². The lowest BCUT2D eigenvalue weighted by molar-refractivity contribution is -0.383. The van der Waals surface area contributed by atoms with Crippen molar-refractivity contribution >= 4 is 28.5 Å². The summed E-state index contributed by atoms with van der Waals surface area (Å²) in [6, 6.07) is 5.98. The maximum atomic E-state index is 12.3. The number of rotatable bonds is 4. The number of aromatic nitrogens is 1. The SMILES string of the molecule is O=C(N[C@@H]1CC[C@H](C(=O)O)C1)c1cc2cccc([N+](=O)[O-])c2[nH]1. The van der Waals surface area contributed by atoms with Crippen LogP contribution in [-0.4, -0.2) is 32.9 Å². The second-order valence-electron chi connectivity index (χ2n) is 5.70. The molecule has 3 rings (SSSR count). The Bertz CT molecular complexity index is 798. The molecule has 0 unspecified atom stereocenters. The molecule has 23 heavy (non-hydrogen) atoms. The number of nitro groups is 1. The van der Waals surface area contributed by atoms with Gasteiger partial charge in [-0.15, -0.1) is 0 Å². The molecule has 1 fully saturated rings. The van der Waals surface area contributed by atoms with Crippen LogP contribution in [0.4, 0.5) is 5.69 Å². The number of H-pyrrole nitrogens is 1. The van der Waals surface area contributed by atoms with E-state index in [-0.39, 0.29) is 23.3 Å². The number of carbonyl (C=O) groups is 2. The topological polar surface area (TPSA) is 125 Å². The summed E-state index contributed by atoms with van der Waals surface area (Å²) in [5.41, 5.74) is 0.443. The second kappa shape index (κ2) is 5.71. The number of amides is 1. The molecule has 3 N–H and O–H groups in total. The quantitative estimate of drug-likeness (QED) is 0.588. The number of aliphatic carboxylic acids is 1. The number of nitrogens with zero attached hydrogens (tertiary/aromatic N) is 1. The van der Waals surface area contributed by atoms with Crippen molar-refractivity contribution in [2.24, 2.45) is 5.92 Å². The third kappa shape index (κ3) is 2.87. The number of fused-ring (bicyclic) bond motifs is 1. The molecule has 1 aromatic heterocycles. The van der Waals surface area contributed by atoms with Crippen molar-refractivity contribution in [3.63, 3.8) is 0 Å². The van der Waals surface area contributed by atoms with Crippen molar-refractivity contribution in [1.29, 1.82) is 0 Å². The molecule has 8 heteroatoms. The molecule has 2 aromatic rings. The van der Waals surface area contributed by atoms with Crippen LogP contribution in [0.3, 0.4) is 0 Å². The zero-order valence-corrected chi connectivity index (χ0v) is 12.1. The van der Waals surface area contributed by atoms with E-state index in [0.29, 0.717) is 30.2 Å². The molecule has 1 heterocycles. The fraction of sp³-hybridized carbons (Fsp3) is 0.333. The summed E-state index contributed by atoms with van der Waals surface area (Å²) in [6.45, 7) is 0. The van der Waals surface area contributed by atoms with Crippen LogP contribution >= 0.6 is 0 Å². The van der Waals surface area contributed by atoms with Gasteiger partial charge in [0, 0.05) is 17.5 Å². The lowest BCUT2D eigenvalue weighted by Crippen LogP contribution is -2.33. The predicted octanol–water partition coefficient (Wildman–Crippen LogP) is 2.06. The van der Waals surface area contributed by atoms with Gasteiger partial charge in [0.2, 0.25) is 0 Å². The van der Waals surface area contributed by atoms with E-state index in [1.54, 1.807) is 18.2 Å². The number of carboxylic acids is 1. The molecule has 1 saturated carbocycles. The number of hydrogen-bond acceptors (Lipinski definition) is 4. The molecular weight excluding hydrogens is 302 g/mol. The van der Waals surface area contributed by atoms with E-state index in [2.05, 4.69) is 10.3 Å². The van der Waals surface area contributed by atoms with Crippen molar-refractivity contribution in [3.8, 4) is 0 Å². The van der Waals surface area contributed by atoms with E-state index in [1.807, 2.05) is 0 Å². The van der Waals surface area contributed by atoms with E-state index >= 15 is 0 Å². The van der Waals surface area contributed by atoms with Gasteiger partial charge in [-0.25, -0.2) is 0 Å². The summed E-state index contributed by atoms with van der Waals surface area (Å²) in [7, 11) is 0. The third-order valence-electron chi connectivity index (χ3n) is 4.19. The number of nitrogens with one attached hydrogen (secondary N) is 2. The standard InChI is InChI=1S/C15H15N3O5/c19-14(16-10-5-4-9(6-10)15(20)21)11-7-8-2-1-3-12(18(22)23)13(8)17-11/h1-3,7,9-10,17H,4-6H2,(H,16,19)(H,20,21)/t9-,10+/m0/s1. The first-order valence-corrected chi connectivity index (χ1v) is 7.25. The minimum absolute atomic E-state index is 0.0895. The average molecular weight is 317 g/mol. The number of hydrogen-bond donors (Lipinski definition) is 3. The largest absolute Gasteiger partial charge is 0.481 e. The van der Waals surface area contributed by atoms with Gasteiger partial charge in [0.25, 0.3) is 11.6 Å². The maximum absolute atomic E-state index is 12.3. The third-order valence-corrected chi connectivity index (χ3v) is 4.19. The van der Waals surface area contributed by atoms with Crippen molar-refractivity contribution in [3.05, 3.63) is 40.1 Å². The van der Waals surface area contributed by atoms with Crippen molar-refractivity contribution in [2.75, 3.05) is 0 Å². The number of para-hydroxylation sites is 1. The molecule has 0 saturated heterocycles. The zero-order valence-electron chi connectivity index (χ0n) is 12.1. The Hall–Kier alpha value is -2.90. The summed E-state index contributed by atoms with van der Waals surface area (Å²) in [6.07, 6.45) is 1.56.